The molecule has 1 N–H and O–H groups in total. The van der Waals surface area contributed by atoms with Gasteiger partial charge in [0.05, 0.1) is 13.5 Å². The van der Waals surface area contributed by atoms with E-state index in [4.69, 9.17) is 19.3 Å². The van der Waals surface area contributed by atoms with E-state index in [1.807, 2.05) is 19.1 Å². The van der Waals surface area contributed by atoms with Crippen molar-refractivity contribution < 1.29 is 28.9 Å². The summed E-state index contributed by atoms with van der Waals surface area (Å²) in [5.41, 5.74) is 1.03. The normalized spacial score (nSPS) is 14.8. The first kappa shape index (κ1) is 19.1. The van der Waals surface area contributed by atoms with Crippen molar-refractivity contribution in [1.29, 1.82) is 0 Å². The summed E-state index contributed by atoms with van der Waals surface area (Å²) in [5, 5.41) is 8.93. The van der Waals surface area contributed by atoms with E-state index in [2.05, 4.69) is 0 Å². The van der Waals surface area contributed by atoms with Gasteiger partial charge in [-0.25, -0.2) is 0 Å². The number of nitrogens with zero attached hydrogens (tertiary/aromatic N) is 1. The van der Waals surface area contributed by atoms with Gasteiger partial charge in [-0.15, -0.1) is 0 Å². The van der Waals surface area contributed by atoms with Crippen LogP contribution in [0.4, 0.5) is 0 Å². The number of hydrogen-bond donors (Lipinski definition) is 1. The smallest absolute Gasteiger partial charge is 0.305 e. The SMILES string of the molecule is COc1cc(C)ccc1OCC(=O)N(CCC(=O)O)C1CCOCC1. The molecule has 138 valence electrons. The van der Waals surface area contributed by atoms with E-state index in [0.29, 0.717) is 37.6 Å². The van der Waals surface area contributed by atoms with E-state index >= 15 is 0 Å². The standard InChI is InChI=1S/C18H25NO6/c1-13-3-4-15(16(11-13)23-2)25-12-17(20)19(8-5-18(21)22)14-6-9-24-10-7-14/h3-4,11,14H,5-10,12H2,1-2H3,(H,21,22). The largest absolute Gasteiger partial charge is 0.493 e. The Kier molecular flexibility index (Phi) is 7.06. The number of rotatable bonds is 8. The van der Waals surface area contributed by atoms with E-state index in [1.165, 1.54) is 0 Å². The van der Waals surface area contributed by atoms with E-state index in [0.717, 1.165) is 5.56 Å². The fourth-order valence-electron chi connectivity index (χ4n) is 2.84. The fourth-order valence-corrected chi connectivity index (χ4v) is 2.84. The van der Waals surface area contributed by atoms with Crippen molar-refractivity contribution in [2.45, 2.75) is 32.2 Å². The maximum Gasteiger partial charge on any atom is 0.305 e. The summed E-state index contributed by atoms with van der Waals surface area (Å²) in [6, 6.07) is 5.46. The highest BCUT2D eigenvalue weighted by Crippen LogP contribution is 2.28. The molecule has 1 heterocycles. The minimum absolute atomic E-state index is 0.0101. The molecule has 0 bridgehead atoms. The van der Waals surface area contributed by atoms with Crippen molar-refractivity contribution in [3.63, 3.8) is 0 Å². The summed E-state index contributed by atoms with van der Waals surface area (Å²) in [4.78, 5) is 25.1. The monoisotopic (exact) mass is 351 g/mol. The van der Waals surface area contributed by atoms with Crippen LogP contribution in [0.2, 0.25) is 0 Å². The number of ether oxygens (including phenoxy) is 3. The van der Waals surface area contributed by atoms with Crippen LogP contribution in [0.15, 0.2) is 18.2 Å². The topological polar surface area (TPSA) is 85.3 Å². The van der Waals surface area contributed by atoms with E-state index < -0.39 is 5.97 Å². The number of carbonyl (C=O) groups excluding carboxylic acids is 1. The number of hydrogen-bond acceptors (Lipinski definition) is 5. The summed E-state index contributed by atoms with van der Waals surface area (Å²) in [6.45, 7) is 3.11. The van der Waals surface area contributed by atoms with Gasteiger partial charge in [-0.05, 0) is 37.5 Å². The number of aryl methyl sites for hydroxylation is 1. The summed E-state index contributed by atoms with van der Waals surface area (Å²) in [5.74, 6) is -0.0932. The Balaban J connectivity index is 2.01. The molecule has 1 amide bonds. The molecule has 1 aromatic rings. The first-order valence-electron chi connectivity index (χ1n) is 8.37. The molecule has 2 rings (SSSR count). The Hall–Kier alpha value is -2.28. The average molecular weight is 351 g/mol. The fraction of sp³-hybridized carbons (Fsp3) is 0.556. The lowest BCUT2D eigenvalue weighted by Crippen LogP contribution is -2.46. The molecule has 0 radical (unpaired) electrons. The van der Waals surface area contributed by atoms with Crippen molar-refractivity contribution in [3.8, 4) is 11.5 Å². The van der Waals surface area contributed by atoms with E-state index in [9.17, 15) is 9.59 Å². The third-order valence-electron chi connectivity index (χ3n) is 4.19. The number of benzene rings is 1. The van der Waals surface area contributed by atoms with Gasteiger partial charge in [-0.1, -0.05) is 6.07 Å². The highest BCUT2D eigenvalue weighted by atomic mass is 16.5. The van der Waals surface area contributed by atoms with Gasteiger partial charge in [0.15, 0.2) is 18.1 Å². The summed E-state index contributed by atoms with van der Waals surface area (Å²) in [7, 11) is 1.55. The van der Waals surface area contributed by atoms with Crippen LogP contribution in [0.3, 0.4) is 0 Å². The average Bonchev–Trinajstić information content (AvgIpc) is 2.61. The molecule has 0 atom stereocenters. The lowest BCUT2D eigenvalue weighted by Gasteiger charge is -2.34. The van der Waals surface area contributed by atoms with Crippen molar-refractivity contribution in [3.05, 3.63) is 23.8 Å². The molecule has 1 aliphatic heterocycles. The maximum absolute atomic E-state index is 12.6. The zero-order valence-corrected chi connectivity index (χ0v) is 14.7. The summed E-state index contributed by atoms with van der Waals surface area (Å²) >= 11 is 0. The van der Waals surface area contributed by atoms with Crippen molar-refractivity contribution in [2.75, 3.05) is 33.5 Å². The van der Waals surface area contributed by atoms with Crippen molar-refractivity contribution in [1.82, 2.24) is 4.90 Å². The van der Waals surface area contributed by atoms with Gasteiger partial charge >= 0.3 is 5.97 Å². The summed E-state index contributed by atoms with van der Waals surface area (Å²) < 4.78 is 16.2. The molecular weight excluding hydrogens is 326 g/mol. The van der Waals surface area contributed by atoms with Crippen LogP contribution in [-0.4, -0.2) is 61.4 Å². The van der Waals surface area contributed by atoms with Gasteiger partial charge in [-0.2, -0.15) is 0 Å². The molecule has 0 aromatic heterocycles. The minimum Gasteiger partial charge on any atom is -0.493 e. The molecule has 0 aliphatic carbocycles. The van der Waals surface area contributed by atoms with E-state index in [1.54, 1.807) is 18.1 Å². The Morgan fingerprint density at radius 3 is 2.64 bits per heavy atom. The molecule has 0 spiro atoms. The third kappa shape index (κ3) is 5.63. The second-order valence-electron chi connectivity index (χ2n) is 6.02. The van der Waals surface area contributed by atoms with Crippen molar-refractivity contribution in [2.24, 2.45) is 0 Å². The summed E-state index contributed by atoms with van der Waals surface area (Å²) in [6.07, 6.45) is 1.33. The van der Waals surface area contributed by atoms with E-state index in [-0.39, 0.29) is 31.5 Å². The van der Waals surface area contributed by atoms with Gasteiger partial charge in [0.2, 0.25) is 0 Å². The first-order valence-corrected chi connectivity index (χ1v) is 8.37. The molecule has 25 heavy (non-hydrogen) atoms. The van der Waals surface area contributed by atoms with Gasteiger partial charge in [0.25, 0.3) is 5.91 Å². The van der Waals surface area contributed by atoms with Gasteiger partial charge in [0, 0.05) is 25.8 Å². The lowest BCUT2D eigenvalue weighted by atomic mass is 10.1. The number of carbonyl (C=O) groups is 2. The zero-order chi connectivity index (χ0) is 18.2. The lowest BCUT2D eigenvalue weighted by molar-refractivity contribution is -0.141. The second kappa shape index (κ2) is 9.27. The molecule has 7 heteroatoms. The minimum atomic E-state index is -0.925. The molecular formula is C18H25NO6. The van der Waals surface area contributed by atoms with Crippen LogP contribution in [0.25, 0.3) is 0 Å². The van der Waals surface area contributed by atoms with Crippen molar-refractivity contribution >= 4 is 11.9 Å². The van der Waals surface area contributed by atoms with Crippen LogP contribution >= 0.6 is 0 Å². The number of aliphatic carboxylic acids is 1. The predicted molar refractivity (Wildman–Crippen MR) is 91.0 cm³/mol. The number of carboxylic acids is 1. The maximum atomic E-state index is 12.6. The molecule has 1 fully saturated rings. The van der Waals surface area contributed by atoms with Crippen LogP contribution in [-0.2, 0) is 14.3 Å². The van der Waals surface area contributed by atoms with Gasteiger partial charge in [0.1, 0.15) is 0 Å². The van der Waals surface area contributed by atoms with Crippen LogP contribution in [0, 0.1) is 6.92 Å². The Morgan fingerprint density at radius 2 is 2.00 bits per heavy atom. The van der Waals surface area contributed by atoms with Crippen LogP contribution in [0.1, 0.15) is 24.8 Å². The molecule has 1 saturated heterocycles. The number of carboxylic acid groups (broad SMARTS) is 1. The number of amides is 1. The highest BCUT2D eigenvalue weighted by molar-refractivity contribution is 5.79. The Morgan fingerprint density at radius 1 is 1.28 bits per heavy atom. The second-order valence-corrected chi connectivity index (χ2v) is 6.02. The van der Waals surface area contributed by atoms with Crippen LogP contribution < -0.4 is 9.47 Å². The molecule has 1 aliphatic rings. The quantitative estimate of drug-likeness (QED) is 0.769. The van der Waals surface area contributed by atoms with Gasteiger partial charge in [-0.3, -0.25) is 9.59 Å². The number of methoxy groups -OCH3 is 1. The highest BCUT2D eigenvalue weighted by Gasteiger charge is 2.26. The zero-order valence-electron chi connectivity index (χ0n) is 14.7. The molecule has 0 saturated carbocycles. The predicted octanol–water partition coefficient (Wildman–Crippen LogP) is 1.86. The Labute approximate surface area is 147 Å². The van der Waals surface area contributed by atoms with Gasteiger partial charge < -0.3 is 24.2 Å². The van der Waals surface area contributed by atoms with Crippen LogP contribution in [0.5, 0.6) is 11.5 Å². The molecule has 1 aromatic carbocycles. The Bertz CT molecular complexity index is 597. The third-order valence-corrected chi connectivity index (χ3v) is 4.19. The molecule has 7 nitrogen and oxygen atoms in total. The first-order chi connectivity index (χ1) is 12.0. The molecule has 0 unspecified atom stereocenters.